The molecule has 1 aliphatic rings. The molecule has 0 bridgehead atoms. The van der Waals surface area contributed by atoms with Crippen LogP contribution < -0.4 is 10.2 Å². The molecule has 180 valence electrons. The number of carbonyl (C=O) groups excluding carboxylic acids is 1. The SMILES string of the molecule is O=C(NCC(F)(F)F)[C@@H]1C[C@H](S(=O)(=O)c2ccccc2C(F)(F)F)CN1c1ccnc(Cl)n1. The molecule has 0 radical (unpaired) electrons. The van der Waals surface area contributed by atoms with E-state index in [-0.39, 0.29) is 11.1 Å². The van der Waals surface area contributed by atoms with Gasteiger partial charge in [-0.3, -0.25) is 4.79 Å². The van der Waals surface area contributed by atoms with Crippen molar-refractivity contribution in [2.45, 2.75) is 35.0 Å². The van der Waals surface area contributed by atoms with Crippen molar-refractivity contribution in [3.63, 3.8) is 0 Å². The molecule has 1 amide bonds. The number of rotatable bonds is 5. The summed E-state index contributed by atoms with van der Waals surface area (Å²) in [6.45, 7) is -2.18. The van der Waals surface area contributed by atoms with Crippen molar-refractivity contribution < 1.29 is 39.6 Å². The maximum atomic E-state index is 13.4. The highest BCUT2D eigenvalue weighted by atomic mass is 35.5. The largest absolute Gasteiger partial charge is 0.417 e. The number of nitrogens with zero attached hydrogens (tertiary/aromatic N) is 3. The summed E-state index contributed by atoms with van der Waals surface area (Å²) in [4.78, 5) is 20.1. The average Bonchev–Trinajstić information content (AvgIpc) is 3.17. The summed E-state index contributed by atoms with van der Waals surface area (Å²) in [7, 11) is -4.65. The van der Waals surface area contributed by atoms with Crippen molar-refractivity contribution in [1.29, 1.82) is 0 Å². The van der Waals surface area contributed by atoms with Crippen LogP contribution in [0.25, 0.3) is 0 Å². The molecular formula is C18H15ClF6N4O3S. The van der Waals surface area contributed by atoms with Crippen LogP contribution in [0.4, 0.5) is 32.2 Å². The van der Waals surface area contributed by atoms with E-state index in [9.17, 15) is 39.6 Å². The summed E-state index contributed by atoms with van der Waals surface area (Å²) in [6, 6.07) is 3.33. The molecule has 1 aromatic heterocycles. The first-order valence-corrected chi connectivity index (χ1v) is 11.1. The summed E-state index contributed by atoms with van der Waals surface area (Å²) in [6.07, 6.45) is -9.09. The van der Waals surface area contributed by atoms with Crippen LogP contribution in [0.2, 0.25) is 5.28 Å². The van der Waals surface area contributed by atoms with Gasteiger partial charge in [-0.25, -0.2) is 18.4 Å². The van der Waals surface area contributed by atoms with E-state index < -0.39 is 69.4 Å². The zero-order valence-electron chi connectivity index (χ0n) is 16.4. The van der Waals surface area contributed by atoms with Crippen LogP contribution >= 0.6 is 11.6 Å². The van der Waals surface area contributed by atoms with E-state index in [0.29, 0.717) is 6.07 Å². The molecule has 0 spiro atoms. The highest BCUT2D eigenvalue weighted by molar-refractivity contribution is 7.92. The molecule has 0 aliphatic carbocycles. The first-order valence-electron chi connectivity index (χ1n) is 9.20. The van der Waals surface area contributed by atoms with Crippen LogP contribution in [-0.4, -0.2) is 54.9 Å². The average molecular weight is 517 g/mol. The number of benzene rings is 1. The van der Waals surface area contributed by atoms with Crippen LogP contribution in [0, 0.1) is 0 Å². The zero-order valence-corrected chi connectivity index (χ0v) is 17.9. The normalized spacial score (nSPS) is 19.5. The minimum atomic E-state index is -4.97. The second-order valence-corrected chi connectivity index (χ2v) is 9.62. The van der Waals surface area contributed by atoms with Gasteiger partial charge < -0.3 is 10.2 Å². The van der Waals surface area contributed by atoms with E-state index in [2.05, 4.69) is 9.97 Å². The fourth-order valence-electron chi connectivity index (χ4n) is 3.44. The Labute approximate surface area is 188 Å². The number of alkyl halides is 6. The molecule has 33 heavy (non-hydrogen) atoms. The highest BCUT2D eigenvalue weighted by Crippen LogP contribution is 2.38. The second kappa shape index (κ2) is 8.97. The number of amides is 1. The Morgan fingerprint density at radius 2 is 1.82 bits per heavy atom. The number of sulfone groups is 1. The lowest BCUT2D eigenvalue weighted by Crippen LogP contribution is -2.46. The number of nitrogens with one attached hydrogen (secondary N) is 1. The molecule has 1 saturated heterocycles. The molecule has 0 saturated carbocycles. The molecule has 0 unspecified atom stereocenters. The number of hydrogen-bond donors (Lipinski definition) is 1. The maximum absolute atomic E-state index is 13.4. The van der Waals surface area contributed by atoms with Gasteiger partial charge in [0.25, 0.3) is 0 Å². The first-order chi connectivity index (χ1) is 15.2. The maximum Gasteiger partial charge on any atom is 0.417 e. The summed E-state index contributed by atoms with van der Waals surface area (Å²) < 4.78 is 104. The van der Waals surface area contributed by atoms with Crippen molar-refractivity contribution in [2.75, 3.05) is 18.0 Å². The van der Waals surface area contributed by atoms with Crippen molar-refractivity contribution in [3.05, 3.63) is 47.4 Å². The van der Waals surface area contributed by atoms with Crippen molar-refractivity contribution in [1.82, 2.24) is 15.3 Å². The molecule has 1 fully saturated rings. The molecule has 3 rings (SSSR count). The van der Waals surface area contributed by atoms with Crippen LogP contribution in [0.15, 0.2) is 41.4 Å². The molecule has 2 atom stereocenters. The Bertz CT molecular complexity index is 1140. The van der Waals surface area contributed by atoms with E-state index in [1.54, 1.807) is 5.32 Å². The van der Waals surface area contributed by atoms with E-state index in [1.807, 2.05) is 0 Å². The van der Waals surface area contributed by atoms with Crippen molar-refractivity contribution in [3.8, 4) is 0 Å². The third-order valence-corrected chi connectivity index (χ3v) is 7.24. The molecular weight excluding hydrogens is 502 g/mol. The lowest BCUT2D eigenvalue weighted by atomic mass is 10.2. The Kier molecular flexibility index (Phi) is 6.80. The molecule has 2 heterocycles. The van der Waals surface area contributed by atoms with Crippen molar-refractivity contribution >= 4 is 33.2 Å². The van der Waals surface area contributed by atoms with Gasteiger partial charge in [-0.2, -0.15) is 26.3 Å². The van der Waals surface area contributed by atoms with Gasteiger partial charge in [-0.1, -0.05) is 12.1 Å². The third-order valence-electron chi connectivity index (χ3n) is 4.87. The lowest BCUT2D eigenvalue weighted by Gasteiger charge is -2.24. The third kappa shape index (κ3) is 5.66. The van der Waals surface area contributed by atoms with Gasteiger partial charge in [0.1, 0.15) is 18.4 Å². The number of halogens is 7. The molecule has 1 N–H and O–H groups in total. The Balaban J connectivity index is 1.99. The molecule has 1 aliphatic heterocycles. The smallest absolute Gasteiger partial charge is 0.345 e. The van der Waals surface area contributed by atoms with Gasteiger partial charge in [-0.15, -0.1) is 0 Å². The summed E-state index contributed by atoms with van der Waals surface area (Å²) >= 11 is 5.72. The quantitative estimate of drug-likeness (QED) is 0.484. The fourth-order valence-corrected chi connectivity index (χ4v) is 5.50. The van der Waals surface area contributed by atoms with Crippen LogP contribution in [-0.2, 0) is 20.8 Å². The zero-order chi connectivity index (χ0) is 24.6. The van der Waals surface area contributed by atoms with Gasteiger partial charge in [0.05, 0.1) is 15.7 Å². The fraction of sp³-hybridized carbons (Fsp3) is 0.389. The Hall–Kier alpha value is -2.61. The summed E-state index contributed by atoms with van der Waals surface area (Å²) in [5, 5.41) is -0.157. The molecule has 15 heteroatoms. The predicted molar refractivity (Wildman–Crippen MR) is 104 cm³/mol. The molecule has 7 nitrogen and oxygen atoms in total. The van der Waals surface area contributed by atoms with E-state index >= 15 is 0 Å². The van der Waals surface area contributed by atoms with E-state index in [1.165, 1.54) is 12.3 Å². The van der Waals surface area contributed by atoms with Crippen LogP contribution in [0.1, 0.15) is 12.0 Å². The lowest BCUT2D eigenvalue weighted by molar-refractivity contribution is -0.139. The van der Waals surface area contributed by atoms with Gasteiger partial charge in [0.15, 0.2) is 9.84 Å². The number of anilines is 1. The second-order valence-electron chi connectivity index (χ2n) is 7.08. The standard InChI is InChI=1S/C18H15ClF6N4O3S/c19-16-26-6-5-14(28-16)29-8-10(7-12(29)15(30)27-9-17(20,21)22)33(31,32)13-4-2-1-3-11(13)18(23,24)25/h1-6,10,12H,7-9H2,(H,27,30)/t10-,12-/m0/s1. The van der Waals surface area contributed by atoms with Crippen LogP contribution in [0.3, 0.4) is 0 Å². The molecule has 1 aromatic carbocycles. The highest BCUT2D eigenvalue weighted by Gasteiger charge is 2.47. The topological polar surface area (TPSA) is 92.3 Å². The Morgan fingerprint density at radius 3 is 2.42 bits per heavy atom. The van der Waals surface area contributed by atoms with Gasteiger partial charge in [0.2, 0.25) is 11.2 Å². The van der Waals surface area contributed by atoms with Gasteiger partial charge in [-0.05, 0) is 36.2 Å². The summed E-state index contributed by atoms with van der Waals surface area (Å²) in [5.41, 5.74) is -1.38. The predicted octanol–water partition coefficient (Wildman–Crippen LogP) is 3.25. The first kappa shape index (κ1) is 25.0. The minimum Gasteiger partial charge on any atom is -0.345 e. The van der Waals surface area contributed by atoms with Crippen molar-refractivity contribution in [2.24, 2.45) is 0 Å². The Morgan fingerprint density at radius 1 is 1.15 bits per heavy atom. The monoisotopic (exact) mass is 516 g/mol. The van der Waals surface area contributed by atoms with Crippen LogP contribution in [0.5, 0.6) is 0 Å². The van der Waals surface area contributed by atoms with Gasteiger partial charge in [0, 0.05) is 12.7 Å². The number of hydrogen-bond acceptors (Lipinski definition) is 6. The van der Waals surface area contributed by atoms with E-state index in [0.717, 1.165) is 23.1 Å². The number of aromatic nitrogens is 2. The van der Waals surface area contributed by atoms with E-state index in [4.69, 9.17) is 11.6 Å². The number of carbonyl (C=O) groups is 1. The minimum absolute atomic E-state index is 0.0658. The summed E-state index contributed by atoms with van der Waals surface area (Å²) in [5.74, 6) is -1.23. The molecule has 2 aromatic rings. The van der Waals surface area contributed by atoms with Gasteiger partial charge >= 0.3 is 12.4 Å².